The van der Waals surface area contributed by atoms with E-state index in [0.717, 1.165) is 55.6 Å². The summed E-state index contributed by atoms with van der Waals surface area (Å²) < 4.78 is 0. The number of aromatic hydroxyl groups is 2. The molecule has 0 radical (unpaired) electrons. The number of aromatic carboxylic acids is 1. The quantitative estimate of drug-likeness (QED) is 0.119. The number of rotatable bonds is 10. The van der Waals surface area contributed by atoms with Gasteiger partial charge in [-0.25, -0.2) is 4.79 Å². The topological polar surface area (TPSA) is 94.8 Å². The molecule has 0 saturated carbocycles. The first-order valence-corrected chi connectivity index (χ1v) is 26.6. The van der Waals surface area contributed by atoms with Crippen LogP contribution in [0.2, 0.25) is 0 Å². The fraction of sp³-hybridized carbons (Fsp3) is 0.222. The Bertz CT molecular complexity index is 3990. The average molecular weight is 1020 g/mol. The Labute approximate surface area is 455 Å². The van der Waals surface area contributed by atoms with E-state index in [1.807, 2.05) is 6.92 Å². The maximum absolute atomic E-state index is 12.1. The van der Waals surface area contributed by atoms with Crippen molar-refractivity contribution in [1.29, 1.82) is 0 Å². The second-order valence-corrected chi connectivity index (χ2v) is 22.2. The van der Waals surface area contributed by atoms with Crippen LogP contribution in [0.25, 0.3) is 89.0 Å². The first-order valence-electron chi connectivity index (χ1n) is 26.6. The predicted molar refractivity (Wildman–Crippen MR) is 321 cm³/mol. The molecule has 0 spiro atoms. The summed E-state index contributed by atoms with van der Waals surface area (Å²) in [7, 11) is 0. The second kappa shape index (κ2) is 20.3. The molecule has 388 valence electrons. The first kappa shape index (κ1) is 53.5. The van der Waals surface area contributed by atoms with Gasteiger partial charge in [0.2, 0.25) is 0 Å². The normalized spacial score (nSPS) is 11.4. The number of benzene rings is 9. The summed E-state index contributed by atoms with van der Waals surface area (Å²) in [5.41, 5.74) is 36.2. The minimum atomic E-state index is -1.15. The van der Waals surface area contributed by atoms with E-state index >= 15 is 0 Å². The van der Waals surface area contributed by atoms with E-state index in [9.17, 15) is 24.9 Å². The van der Waals surface area contributed by atoms with Crippen molar-refractivity contribution < 1.29 is 24.9 Å². The Balaban J connectivity index is 0.982. The van der Waals surface area contributed by atoms with E-state index in [-0.39, 0.29) is 22.8 Å². The third kappa shape index (κ3) is 9.80. The van der Waals surface area contributed by atoms with Crippen LogP contribution in [0, 0.1) is 104 Å². The third-order valence-corrected chi connectivity index (χ3v) is 16.3. The summed E-state index contributed by atoms with van der Waals surface area (Å²) in [6, 6.07) is 40.6. The lowest BCUT2D eigenvalue weighted by molar-refractivity contribution is 0.0693. The standard InChI is InChI=1S/C72H70O5/c1-36-20-55(37(2)19-54(36)52-17-18-53(72(76)77)70(74)34-52)56-21-39(4)57(22-38(56)3)58-23-41(6)59(24-40(58)5)60-25-43(8)61(26-42(60)7)62-27-45(10)63(28-44(62)9)64-29-47(12)65(30-46(64)11)66-31-49(14)67(32-48(66)13)68-35-71(75)69(51(16)73)33-50(68)15/h17-35,74-75H,1-16H3,(H,76,77). The molecule has 0 unspecified atom stereocenters. The molecule has 0 aromatic heterocycles. The SMILES string of the molecule is CC(=O)c1cc(C)c(-c2cc(C)c(-c3cc(C)c(-c4cc(C)c(-c5cc(C)c(-c6cc(C)c(-c7cc(C)c(-c8cc(C)c(-c9ccc(C(=O)O)c(O)c9)cc8C)cc7C)cc6C)cc5C)cc4C)cc3C)cc2C)cc1O. The Morgan fingerprint density at radius 3 is 0.675 bits per heavy atom. The lowest BCUT2D eigenvalue weighted by atomic mass is 9.83. The Kier molecular flexibility index (Phi) is 14.1. The number of Topliss-reactive ketones (excluding diaryl/α,β-unsaturated/α-hetero) is 1. The van der Waals surface area contributed by atoms with Crippen molar-refractivity contribution in [1.82, 2.24) is 0 Å². The van der Waals surface area contributed by atoms with Crippen LogP contribution in [0.15, 0.2) is 115 Å². The lowest BCUT2D eigenvalue weighted by Crippen LogP contribution is -1.99. The van der Waals surface area contributed by atoms with Crippen molar-refractivity contribution in [2.45, 2.75) is 111 Å². The summed E-state index contributed by atoms with van der Waals surface area (Å²) in [6.07, 6.45) is 0. The van der Waals surface area contributed by atoms with E-state index in [2.05, 4.69) is 182 Å². The lowest BCUT2D eigenvalue weighted by Gasteiger charge is -2.21. The highest BCUT2D eigenvalue weighted by Gasteiger charge is 2.22. The van der Waals surface area contributed by atoms with Crippen LogP contribution in [0.1, 0.15) is 111 Å². The van der Waals surface area contributed by atoms with Gasteiger partial charge in [0.15, 0.2) is 5.78 Å². The van der Waals surface area contributed by atoms with Crippen molar-refractivity contribution in [2.75, 3.05) is 0 Å². The van der Waals surface area contributed by atoms with Crippen LogP contribution in [0.3, 0.4) is 0 Å². The van der Waals surface area contributed by atoms with E-state index in [4.69, 9.17) is 0 Å². The third-order valence-electron chi connectivity index (χ3n) is 16.3. The number of aryl methyl sites for hydroxylation is 15. The summed E-state index contributed by atoms with van der Waals surface area (Å²) in [4.78, 5) is 23.7. The minimum absolute atomic E-state index is 0.0146. The van der Waals surface area contributed by atoms with E-state index < -0.39 is 5.97 Å². The molecule has 5 nitrogen and oxygen atoms in total. The maximum Gasteiger partial charge on any atom is 0.339 e. The molecular weight excluding hydrogens is 945 g/mol. The van der Waals surface area contributed by atoms with Gasteiger partial charge in [0.25, 0.3) is 0 Å². The number of carbonyl (C=O) groups is 2. The number of phenolic OH excluding ortho intramolecular Hbond substituents is 1. The molecule has 0 aliphatic rings. The van der Waals surface area contributed by atoms with Gasteiger partial charge in [0.05, 0.1) is 5.56 Å². The number of hydrogen-bond donors (Lipinski definition) is 3. The molecule has 0 heterocycles. The molecule has 5 heteroatoms. The van der Waals surface area contributed by atoms with Crippen molar-refractivity contribution in [3.05, 3.63) is 210 Å². The number of ketones is 1. The highest BCUT2D eigenvalue weighted by molar-refractivity contribution is 5.98. The number of carboxylic acid groups (broad SMARTS) is 1. The largest absolute Gasteiger partial charge is 0.507 e. The van der Waals surface area contributed by atoms with Gasteiger partial charge in [0, 0.05) is 0 Å². The van der Waals surface area contributed by atoms with Crippen LogP contribution in [-0.4, -0.2) is 27.1 Å². The Morgan fingerprint density at radius 1 is 0.260 bits per heavy atom. The molecule has 0 aliphatic heterocycles. The van der Waals surface area contributed by atoms with Crippen LogP contribution in [0.5, 0.6) is 11.5 Å². The molecule has 0 fully saturated rings. The summed E-state index contributed by atoms with van der Waals surface area (Å²) in [6.45, 7) is 34.1. The first-order chi connectivity index (χ1) is 36.3. The average Bonchev–Trinajstić information content (AvgIpc) is 3.41. The van der Waals surface area contributed by atoms with Gasteiger partial charge >= 0.3 is 5.97 Å². The van der Waals surface area contributed by atoms with E-state index in [0.29, 0.717) is 5.56 Å². The number of carboxylic acids is 1. The van der Waals surface area contributed by atoms with Crippen molar-refractivity contribution >= 4 is 11.8 Å². The molecule has 0 saturated heterocycles. The van der Waals surface area contributed by atoms with Crippen LogP contribution in [0.4, 0.5) is 0 Å². The van der Waals surface area contributed by atoms with Crippen molar-refractivity contribution in [2.24, 2.45) is 0 Å². The molecule has 9 aromatic rings. The molecule has 3 N–H and O–H groups in total. The molecule has 9 aromatic carbocycles. The van der Waals surface area contributed by atoms with Gasteiger partial charge in [-0.1, -0.05) is 91.0 Å². The monoisotopic (exact) mass is 1010 g/mol. The van der Waals surface area contributed by atoms with Gasteiger partial charge in [-0.3, -0.25) is 4.79 Å². The molecule has 0 atom stereocenters. The molecule has 0 aliphatic carbocycles. The maximum atomic E-state index is 12.1. The van der Waals surface area contributed by atoms with Crippen LogP contribution < -0.4 is 0 Å². The molecule has 0 bridgehead atoms. The zero-order chi connectivity index (χ0) is 55.8. The molecular formula is C72H70O5. The van der Waals surface area contributed by atoms with Crippen LogP contribution in [-0.2, 0) is 0 Å². The smallest absolute Gasteiger partial charge is 0.339 e. The number of hydrogen-bond acceptors (Lipinski definition) is 4. The zero-order valence-electron chi connectivity index (χ0n) is 47.6. The van der Waals surface area contributed by atoms with E-state index in [1.165, 1.54) is 136 Å². The second-order valence-electron chi connectivity index (χ2n) is 22.2. The summed E-state index contributed by atoms with van der Waals surface area (Å²) in [5, 5.41) is 30.6. The highest BCUT2D eigenvalue weighted by atomic mass is 16.4. The predicted octanol–water partition coefficient (Wildman–Crippen LogP) is 19.0. The van der Waals surface area contributed by atoms with Gasteiger partial charge < -0.3 is 15.3 Å². The molecule has 9 rings (SSSR count). The molecule has 77 heavy (non-hydrogen) atoms. The van der Waals surface area contributed by atoms with E-state index in [1.54, 1.807) is 18.2 Å². The Hall–Kier alpha value is -8.28. The van der Waals surface area contributed by atoms with Gasteiger partial charge in [-0.2, -0.15) is 0 Å². The van der Waals surface area contributed by atoms with Crippen LogP contribution >= 0.6 is 0 Å². The fourth-order valence-electron chi connectivity index (χ4n) is 11.9. The zero-order valence-corrected chi connectivity index (χ0v) is 47.6. The fourth-order valence-corrected chi connectivity index (χ4v) is 11.9. The van der Waals surface area contributed by atoms with Gasteiger partial charge in [-0.05, 0) is 308 Å². The highest BCUT2D eigenvalue weighted by Crippen LogP contribution is 2.44. The number of carbonyl (C=O) groups excluding carboxylic acids is 1. The van der Waals surface area contributed by atoms with Gasteiger partial charge in [0.1, 0.15) is 17.1 Å². The molecule has 0 amide bonds. The van der Waals surface area contributed by atoms with Gasteiger partial charge in [-0.15, -0.1) is 0 Å². The minimum Gasteiger partial charge on any atom is -0.507 e. The van der Waals surface area contributed by atoms with Crippen molar-refractivity contribution in [3.63, 3.8) is 0 Å². The van der Waals surface area contributed by atoms with Crippen molar-refractivity contribution in [3.8, 4) is 101 Å². The summed E-state index contributed by atoms with van der Waals surface area (Å²) in [5.74, 6) is -1.52. The summed E-state index contributed by atoms with van der Waals surface area (Å²) >= 11 is 0. The number of phenols is 2. The Morgan fingerprint density at radius 2 is 0.455 bits per heavy atom.